The smallest absolute Gasteiger partial charge is 0.253 e. The number of nitrogens with one attached hydrogen (secondary N) is 1. The minimum Gasteiger partial charge on any atom is -0.345 e. The van der Waals surface area contributed by atoms with Crippen LogP contribution in [0, 0.1) is 0 Å². The van der Waals surface area contributed by atoms with Crippen molar-refractivity contribution in [2.45, 2.75) is 6.42 Å². The van der Waals surface area contributed by atoms with Crippen molar-refractivity contribution in [1.29, 1.82) is 0 Å². The largest absolute Gasteiger partial charge is 0.345 e. The van der Waals surface area contributed by atoms with E-state index in [1.165, 1.54) is 4.90 Å². The van der Waals surface area contributed by atoms with E-state index in [9.17, 15) is 9.59 Å². The standard InChI is InChI=1S/C20H19N3O2/c1-23(2)20(25)16-8-4-10-17(12-16)22-18(24)13-15-7-3-6-14-9-5-11-21-19(14)15/h3-12H,13H2,1-2H3,(H,22,24). The molecule has 3 aromatic rings. The lowest BCUT2D eigenvalue weighted by molar-refractivity contribution is -0.115. The van der Waals surface area contributed by atoms with Gasteiger partial charge in [-0.3, -0.25) is 14.6 Å². The molecule has 0 saturated carbocycles. The fourth-order valence-electron chi connectivity index (χ4n) is 2.68. The quantitative estimate of drug-likeness (QED) is 0.798. The highest BCUT2D eigenvalue weighted by Crippen LogP contribution is 2.18. The monoisotopic (exact) mass is 333 g/mol. The minimum absolute atomic E-state index is 0.102. The van der Waals surface area contributed by atoms with E-state index in [2.05, 4.69) is 10.3 Å². The van der Waals surface area contributed by atoms with Crippen molar-refractivity contribution in [3.8, 4) is 0 Å². The number of aromatic nitrogens is 1. The second kappa shape index (κ2) is 7.13. The number of hydrogen-bond acceptors (Lipinski definition) is 3. The summed E-state index contributed by atoms with van der Waals surface area (Å²) in [7, 11) is 3.39. The molecule has 0 saturated heterocycles. The first-order valence-corrected chi connectivity index (χ1v) is 7.99. The van der Waals surface area contributed by atoms with Gasteiger partial charge >= 0.3 is 0 Å². The summed E-state index contributed by atoms with van der Waals surface area (Å²) in [4.78, 5) is 30.3. The molecule has 2 amide bonds. The fraction of sp³-hybridized carbons (Fsp3) is 0.150. The lowest BCUT2D eigenvalue weighted by Gasteiger charge is -2.12. The van der Waals surface area contributed by atoms with Crippen LogP contribution in [0.1, 0.15) is 15.9 Å². The van der Waals surface area contributed by atoms with E-state index < -0.39 is 0 Å². The number of carbonyl (C=O) groups is 2. The first-order valence-electron chi connectivity index (χ1n) is 7.99. The Morgan fingerprint density at radius 3 is 2.60 bits per heavy atom. The van der Waals surface area contributed by atoms with Gasteiger partial charge in [-0.05, 0) is 29.8 Å². The number of hydrogen-bond donors (Lipinski definition) is 1. The maximum Gasteiger partial charge on any atom is 0.253 e. The molecule has 0 aliphatic heterocycles. The molecule has 0 unspecified atom stereocenters. The SMILES string of the molecule is CN(C)C(=O)c1cccc(NC(=O)Cc2cccc3cccnc23)c1. The molecule has 0 aliphatic carbocycles. The van der Waals surface area contributed by atoms with Gasteiger partial charge < -0.3 is 10.2 Å². The van der Waals surface area contributed by atoms with E-state index in [1.807, 2.05) is 30.3 Å². The Morgan fingerprint density at radius 1 is 1.04 bits per heavy atom. The van der Waals surface area contributed by atoms with Crippen LogP contribution in [0.25, 0.3) is 10.9 Å². The molecule has 3 rings (SSSR count). The summed E-state index contributed by atoms with van der Waals surface area (Å²) in [5.41, 5.74) is 2.84. The van der Waals surface area contributed by atoms with Gasteiger partial charge in [-0.2, -0.15) is 0 Å². The van der Waals surface area contributed by atoms with Gasteiger partial charge in [0.2, 0.25) is 5.91 Å². The second-order valence-electron chi connectivity index (χ2n) is 6.00. The number of nitrogens with zero attached hydrogens (tertiary/aromatic N) is 2. The number of benzene rings is 2. The highest BCUT2D eigenvalue weighted by Gasteiger charge is 2.11. The Bertz CT molecular complexity index is 930. The summed E-state index contributed by atoms with van der Waals surface area (Å²) in [5, 5.41) is 3.86. The molecule has 0 aliphatic rings. The zero-order valence-electron chi connectivity index (χ0n) is 14.2. The molecule has 0 radical (unpaired) electrons. The molecule has 1 aromatic heterocycles. The van der Waals surface area contributed by atoms with Gasteiger partial charge in [0.05, 0.1) is 11.9 Å². The molecular formula is C20H19N3O2. The molecule has 1 heterocycles. The van der Waals surface area contributed by atoms with Crippen LogP contribution in [0.3, 0.4) is 0 Å². The molecule has 1 N–H and O–H groups in total. The van der Waals surface area contributed by atoms with E-state index in [-0.39, 0.29) is 18.2 Å². The van der Waals surface area contributed by atoms with Crippen molar-refractivity contribution in [3.63, 3.8) is 0 Å². The van der Waals surface area contributed by atoms with Crippen LogP contribution < -0.4 is 5.32 Å². The number of rotatable bonds is 4. The van der Waals surface area contributed by atoms with E-state index in [4.69, 9.17) is 0 Å². The number of carbonyl (C=O) groups excluding carboxylic acids is 2. The maximum atomic E-state index is 12.4. The van der Waals surface area contributed by atoms with Crippen molar-refractivity contribution in [1.82, 2.24) is 9.88 Å². The molecule has 126 valence electrons. The Kier molecular flexibility index (Phi) is 4.75. The lowest BCUT2D eigenvalue weighted by Crippen LogP contribution is -2.22. The summed E-state index contributed by atoms with van der Waals surface area (Å²) in [6.07, 6.45) is 1.94. The molecule has 5 heteroatoms. The third-order valence-electron chi connectivity index (χ3n) is 3.87. The number of anilines is 1. The first-order chi connectivity index (χ1) is 12.0. The van der Waals surface area contributed by atoms with Gasteiger partial charge in [0.15, 0.2) is 0 Å². The second-order valence-corrected chi connectivity index (χ2v) is 6.00. The van der Waals surface area contributed by atoms with Gasteiger partial charge in [0.25, 0.3) is 5.91 Å². The van der Waals surface area contributed by atoms with Crippen LogP contribution in [0.2, 0.25) is 0 Å². The molecule has 25 heavy (non-hydrogen) atoms. The average Bonchev–Trinajstić information content (AvgIpc) is 2.61. The van der Waals surface area contributed by atoms with Crippen LogP contribution in [0.4, 0.5) is 5.69 Å². The predicted molar refractivity (Wildman–Crippen MR) is 98.5 cm³/mol. The van der Waals surface area contributed by atoms with E-state index >= 15 is 0 Å². The third-order valence-corrected chi connectivity index (χ3v) is 3.87. The Balaban J connectivity index is 1.77. The zero-order valence-corrected chi connectivity index (χ0v) is 14.2. The lowest BCUT2D eigenvalue weighted by atomic mass is 10.1. The molecule has 0 atom stereocenters. The molecular weight excluding hydrogens is 314 g/mol. The maximum absolute atomic E-state index is 12.4. The number of pyridine rings is 1. The highest BCUT2D eigenvalue weighted by atomic mass is 16.2. The highest BCUT2D eigenvalue weighted by molar-refractivity contribution is 5.98. The number of amides is 2. The van der Waals surface area contributed by atoms with E-state index in [1.54, 1.807) is 44.6 Å². The van der Waals surface area contributed by atoms with Crippen molar-refractivity contribution in [3.05, 3.63) is 71.9 Å². The zero-order chi connectivity index (χ0) is 17.8. The van der Waals surface area contributed by atoms with Crippen LogP contribution in [-0.2, 0) is 11.2 Å². The van der Waals surface area contributed by atoms with Crippen molar-refractivity contribution in [2.24, 2.45) is 0 Å². The van der Waals surface area contributed by atoms with Crippen molar-refractivity contribution >= 4 is 28.4 Å². The molecule has 2 aromatic carbocycles. The minimum atomic E-state index is -0.146. The Hall–Kier alpha value is -3.21. The van der Waals surface area contributed by atoms with Crippen molar-refractivity contribution in [2.75, 3.05) is 19.4 Å². The predicted octanol–water partition coefficient (Wildman–Crippen LogP) is 3.12. The van der Waals surface area contributed by atoms with Gasteiger partial charge in [-0.15, -0.1) is 0 Å². The van der Waals surface area contributed by atoms with Crippen molar-refractivity contribution < 1.29 is 9.59 Å². The average molecular weight is 333 g/mol. The molecule has 5 nitrogen and oxygen atoms in total. The van der Waals surface area contributed by atoms with Crippen LogP contribution in [0.5, 0.6) is 0 Å². The third kappa shape index (κ3) is 3.83. The Morgan fingerprint density at radius 2 is 1.80 bits per heavy atom. The van der Waals surface area contributed by atoms with Crippen LogP contribution in [0.15, 0.2) is 60.8 Å². The topological polar surface area (TPSA) is 62.3 Å². The molecule has 0 bridgehead atoms. The summed E-state index contributed by atoms with van der Waals surface area (Å²) in [6.45, 7) is 0. The summed E-state index contributed by atoms with van der Waals surface area (Å²) >= 11 is 0. The summed E-state index contributed by atoms with van der Waals surface area (Å²) in [5.74, 6) is -0.248. The van der Waals surface area contributed by atoms with Gasteiger partial charge in [-0.25, -0.2) is 0 Å². The fourth-order valence-corrected chi connectivity index (χ4v) is 2.68. The van der Waals surface area contributed by atoms with E-state index in [0.29, 0.717) is 11.3 Å². The summed E-state index contributed by atoms with van der Waals surface area (Å²) in [6, 6.07) is 16.6. The van der Waals surface area contributed by atoms with Gasteiger partial charge in [-0.1, -0.05) is 30.3 Å². The number of para-hydroxylation sites is 1. The normalized spacial score (nSPS) is 10.5. The molecule has 0 fully saturated rings. The summed E-state index contributed by atoms with van der Waals surface area (Å²) < 4.78 is 0. The van der Waals surface area contributed by atoms with Gasteiger partial charge in [0.1, 0.15) is 0 Å². The number of fused-ring (bicyclic) bond motifs is 1. The van der Waals surface area contributed by atoms with Crippen LogP contribution >= 0.6 is 0 Å². The first kappa shape index (κ1) is 16.6. The van der Waals surface area contributed by atoms with Crippen LogP contribution in [-0.4, -0.2) is 35.8 Å². The Labute approximate surface area is 146 Å². The van der Waals surface area contributed by atoms with Gasteiger partial charge in [0, 0.05) is 36.9 Å². The van der Waals surface area contributed by atoms with E-state index in [0.717, 1.165) is 16.5 Å². The molecule has 0 spiro atoms.